The number of thiophene rings is 1. The predicted octanol–water partition coefficient (Wildman–Crippen LogP) is 2.75. The molecule has 0 unspecified atom stereocenters. The fourth-order valence-electron chi connectivity index (χ4n) is 3.89. The highest BCUT2D eigenvalue weighted by molar-refractivity contribution is 7.91. The quantitative estimate of drug-likeness (QED) is 0.519. The molecule has 2 saturated heterocycles. The van der Waals surface area contributed by atoms with Crippen LogP contribution in [0.1, 0.15) is 43.4 Å². The molecule has 0 aromatic carbocycles. The van der Waals surface area contributed by atoms with Crippen LogP contribution in [0.5, 0.6) is 0 Å². The van der Waals surface area contributed by atoms with Crippen molar-refractivity contribution in [3.05, 3.63) is 17.0 Å². The van der Waals surface area contributed by atoms with Crippen LogP contribution in [0.2, 0.25) is 0 Å². The maximum atomic E-state index is 12.8. The van der Waals surface area contributed by atoms with Gasteiger partial charge in [-0.05, 0) is 50.2 Å². The maximum absolute atomic E-state index is 12.8. The summed E-state index contributed by atoms with van der Waals surface area (Å²) in [5.74, 6) is 1.56. The van der Waals surface area contributed by atoms with Gasteiger partial charge in [0.2, 0.25) is 0 Å². The van der Waals surface area contributed by atoms with Crippen LogP contribution in [0.3, 0.4) is 0 Å². The van der Waals surface area contributed by atoms with Gasteiger partial charge in [-0.25, -0.2) is 8.42 Å². The molecule has 164 valence electrons. The number of nitrogens with zero attached hydrogens (tertiary/aromatic N) is 3. The zero-order valence-corrected chi connectivity index (χ0v) is 19.2. The van der Waals surface area contributed by atoms with Crippen LogP contribution in [0.25, 0.3) is 0 Å². The van der Waals surface area contributed by atoms with E-state index in [9.17, 15) is 8.42 Å². The van der Waals surface area contributed by atoms with E-state index in [0.717, 1.165) is 75.0 Å². The average molecular weight is 443 g/mol. The number of guanidine groups is 1. The lowest BCUT2D eigenvalue weighted by molar-refractivity contribution is 0.0625. The minimum absolute atomic E-state index is 0.444. The normalized spacial score (nSPS) is 20.0. The highest BCUT2D eigenvalue weighted by atomic mass is 32.2. The van der Waals surface area contributed by atoms with Gasteiger partial charge in [-0.2, -0.15) is 4.31 Å². The van der Waals surface area contributed by atoms with Gasteiger partial charge in [0.1, 0.15) is 4.21 Å². The van der Waals surface area contributed by atoms with Crippen LogP contribution in [0.4, 0.5) is 0 Å². The maximum Gasteiger partial charge on any atom is 0.252 e. The van der Waals surface area contributed by atoms with Gasteiger partial charge in [0.05, 0.1) is 6.54 Å². The number of aliphatic imine (C=N–C) groups is 1. The fourth-order valence-corrected chi connectivity index (χ4v) is 6.86. The Balaban J connectivity index is 1.50. The summed E-state index contributed by atoms with van der Waals surface area (Å²) < 4.78 is 33.1. The molecule has 9 heteroatoms. The van der Waals surface area contributed by atoms with Gasteiger partial charge in [0.25, 0.3) is 10.0 Å². The van der Waals surface area contributed by atoms with Crippen LogP contribution in [-0.4, -0.2) is 70.5 Å². The predicted molar refractivity (Wildman–Crippen MR) is 118 cm³/mol. The molecule has 2 aliphatic heterocycles. The van der Waals surface area contributed by atoms with E-state index in [1.807, 2.05) is 6.07 Å². The number of hydrogen-bond donors (Lipinski definition) is 1. The molecular formula is C20H34N4O3S2. The molecule has 0 atom stereocenters. The Hall–Kier alpha value is -1.16. The van der Waals surface area contributed by atoms with Gasteiger partial charge in [-0.3, -0.25) is 4.99 Å². The van der Waals surface area contributed by atoms with Crippen molar-refractivity contribution in [2.45, 2.75) is 49.3 Å². The number of ether oxygens (including phenoxy) is 1. The number of piperidine rings is 1. The molecule has 7 nitrogen and oxygen atoms in total. The van der Waals surface area contributed by atoms with Crippen molar-refractivity contribution in [2.75, 3.05) is 46.9 Å². The molecule has 29 heavy (non-hydrogen) atoms. The van der Waals surface area contributed by atoms with Gasteiger partial charge in [0.15, 0.2) is 5.96 Å². The van der Waals surface area contributed by atoms with Crippen molar-refractivity contribution in [1.29, 1.82) is 0 Å². The zero-order chi connectivity index (χ0) is 20.7. The summed E-state index contributed by atoms with van der Waals surface area (Å²) in [6.45, 7) is 4.55. The monoisotopic (exact) mass is 442 g/mol. The lowest BCUT2D eigenvalue weighted by Gasteiger charge is -2.26. The first-order chi connectivity index (χ1) is 14.0. The fraction of sp³-hybridized carbons (Fsp3) is 0.750. The summed E-state index contributed by atoms with van der Waals surface area (Å²) in [6.07, 6.45) is 6.45. The molecule has 0 radical (unpaired) electrons. The van der Waals surface area contributed by atoms with Gasteiger partial charge in [-0.15, -0.1) is 11.3 Å². The molecule has 3 heterocycles. The summed E-state index contributed by atoms with van der Waals surface area (Å²) in [5.41, 5.74) is 0. The van der Waals surface area contributed by atoms with Crippen LogP contribution < -0.4 is 5.32 Å². The first-order valence-corrected chi connectivity index (χ1v) is 12.8. The van der Waals surface area contributed by atoms with Crippen molar-refractivity contribution >= 4 is 27.3 Å². The summed E-state index contributed by atoms with van der Waals surface area (Å²) >= 11 is 1.35. The van der Waals surface area contributed by atoms with E-state index in [-0.39, 0.29) is 0 Å². The minimum atomic E-state index is -3.35. The molecule has 0 bridgehead atoms. The Morgan fingerprint density at radius 1 is 1.28 bits per heavy atom. The molecule has 2 fully saturated rings. The van der Waals surface area contributed by atoms with E-state index >= 15 is 0 Å². The lowest BCUT2D eigenvalue weighted by Crippen LogP contribution is -2.39. The van der Waals surface area contributed by atoms with Crippen molar-refractivity contribution in [1.82, 2.24) is 14.5 Å². The van der Waals surface area contributed by atoms with Crippen molar-refractivity contribution in [3.63, 3.8) is 0 Å². The zero-order valence-electron chi connectivity index (χ0n) is 17.6. The number of hydrogen-bond acceptors (Lipinski definition) is 5. The molecule has 0 amide bonds. The SMILES string of the molecule is CN=C(NCc1ccc(S(=O)(=O)N2CCCCC2)s1)N(C)CCC1CCOCC1. The van der Waals surface area contributed by atoms with Gasteiger partial charge in [-0.1, -0.05) is 6.42 Å². The van der Waals surface area contributed by atoms with Crippen LogP contribution >= 0.6 is 11.3 Å². The van der Waals surface area contributed by atoms with Gasteiger partial charge in [0, 0.05) is 51.8 Å². The Morgan fingerprint density at radius 3 is 2.69 bits per heavy atom. The Bertz CT molecular complexity index is 766. The molecule has 3 rings (SSSR count). The van der Waals surface area contributed by atoms with E-state index in [2.05, 4.69) is 22.3 Å². The average Bonchev–Trinajstić information content (AvgIpc) is 3.24. The summed E-state index contributed by atoms with van der Waals surface area (Å²) in [4.78, 5) is 7.53. The Labute approximate surface area is 179 Å². The third kappa shape index (κ3) is 6.16. The summed E-state index contributed by atoms with van der Waals surface area (Å²) in [7, 11) is 0.487. The molecule has 0 aliphatic carbocycles. The van der Waals surface area contributed by atoms with Gasteiger partial charge >= 0.3 is 0 Å². The summed E-state index contributed by atoms with van der Waals surface area (Å²) in [6, 6.07) is 3.65. The minimum Gasteiger partial charge on any atom is -0.381 e. The molecular weight excluding hydrogens is 408 g/mol. The summed E-state index contributed by atoms with van der Waals surface area (Å²) in [5, 5.41) is 3.37. The molecule has 2 aliphatic rings. The highest BCUT2D eigenvalue weighted by Gasteiger charge is 2.27. The smallest absolute Gasteiger partial charge is 0.252 e. The molecule has 0 spiro atoms. The van der Waals surface area contributed by atoms with E-state index in [1.165, 1.54) is 11.3 Å². The number of rotatable bonds is 7. The second-order valence-electron chi connectivity index (χ2n) is 7.85. The molecule has 1 aromatic heterocycles. The largest absolute Gasteiger partial charge is 0.381 e. The third-order valence-electron chi connectivity index (χ3n) is 5.75. The molecule has 0 saturated carbocycles. The van der Waals surface area contributed by atoms with E-state index < -0.39 is 10.0 Å². The Morgan fingerprint density at radius 2 is 2.00 bits per heavy atom. The first kappa shape index (κ1) is 22.5. The molecule has 1 aromatic rings. The molecule has 1 N–H and O–H groups in total. The Kier molecular flexibility index (Phi) is 8.35. The second-order valence-corrected chi connectivity index (χ2v) is 11.2. The van der Waals surface area contributed by atoms with Crippen molar-refractivity contribution in [3.8, 4) is 0 Å². The second kappa shape index (κ2) is 10.7. The van der Waals surface area contributed by atoms with Crippen LogP contribution in [-0.2, 0) is 21.3 Å². The number of sulfonamides is 1. The highest BCUT2D eigenvalue weighted by Crippen LogP contribution is 2.27. The topological polar surface area (TPSA) is 74.2 Å². The van der Waals surface area contributed by atoms with E-state index in [4.69, 9.17) is 4.74 Å². The van der Waals surface area contributed by atoms with E-state index in [1.54, 1.807) is 17.4 Å². The van der Waals surface area contributed by atoms with E-state index in [0.29, 0.717) is 23.8 Å². The van der Waals surface area contributed by atoms with Crippen LogP contribution in [0, 0.1) is 5.92 Å². The number of nitrogens with one attached hydrogen (secondary N) is 1. The van der Waals surface area contributed by atoms with Gasteiger partial charge < -0.3 is 15.0 Å². The van der Waals surface area contributed by atoms with Crippen LogP contribution in [0.15, 0.2) is 21.3 Å². The van der Waals surface area contributed by atoms with Crippen molar-refractivity contribution < 1.29 is 13.2 Å². The van der Waals surface area contributed by atoms with Crippen molar-refractivity contribution in [2.24, 2.45) is 10.9 Å². The third-order valence-corrected chi connectivity index (χ3v) is 9.21. The standard InChI is InChI=1S/C20H34N4O3S2/c1-21-20(23(2)13-8-17-9-14-27-15-10-17)22-16-18-6-7-19(28-18)29(25,26)24-11-4-3-5-12-24/h6-7,17H,3-5,8-16H2,1-2H3,(H,21,22). The lowest BCUT2D eigenvalue weighted by atomic mass is 9.96. The first-order valence-electron chi connectivity index (χ1n) is 10.6.